The van der Waals surface area contributed by atoms with Crippen molar-refractivity contribution >= 4 is 12.0 Å². The van der Waals surface area contributed by atoms with E-state index in [2.05, 4.69) is 26.8 Å². The van der Waals surface area contributed by atoms with Crippen LogP contribution in [-0.4, -0.2) is 10.7 Å². The van der Waals surface area contributed by atoms with Gasteiger partial charge in [-0.15, -0.1) is 0 Å². The van der Waals surface area contributed by atoms with Gasteiger partial charge >= 0.3 is 0 Å². The zero-order valence-electron chi connectivity index (χ0n) is 15.7. The SMILES string of the molecule is CC1=CC2c3c(O)cc(OSc4ccc(F)cc4)cc3OC(C)(C)C2CC1. The van der Waals surface area contributed by atoms with Gasteiger partial charge in [0.2, 0.25) is 0 Å². The Labute approximate surface area is 163 Å². The largest absolute Gasteiger partial charge is 0.507 e. The topological polar surface area (TPSA) is 38.7 Å². The number of rotatable bonds is 3. The highest BCUT2D eigenvalue weighted by atomic mass is 32.2. The van der Waals surface area contributed by atoms with Crippen molar-refractivity contribution < 1.29 is 18.4 Å². The average Bonchev–Trinajstić information content (AvgIpc) is 2.60. The van der Waals surface area contributed by atoms with Gasteiger partial charge in [0.1, 0.15) is 28.7 Å². The van der Waals surface area contributed by atoms with Crippen LogP contribution in [0.25, 0.3) is 0 Å². The fourth-order valence-electron chi connectivity index (χ4n) is 4.13. The fraction of sp³-hybridized carbons (Fsp3) is 0.364. The molecule has 5 heteroatoms. The summed E-state index contributed by atoms with van der Waals surface area (Å²) in [5.74, 6) is 1.56. The van der Waals surface area contributed by atoms with Crippen molar-refractivity contribution in [3.8, 4) is 17.2 Å². The Morgan fingerprint density at radius 3 is 2.70 bits per heavy atom. The molecule has 1 aliphatic carbocycles. The Kier molecular flexibility index (Phi) is 4.58. The first kappa shape index (κ1) is 18.2. The summed E-state index contributed by atoms with van der Waals surface area (Å²) >= 11 is 1.12. The molecule has 1 heterocycles. The number of halogens is 1. The summed E-state index contributed by atoms with van der Waals surface area (Å²) < 4.78 is 25.1. The van der Waals surface area contributed by atoms with Gasteiger partial charge in [-0.05, 0) is 57.9 Å². The van der Waals surface area contributed by atoms with Crippen molar-refractivity contribution in [3.05, 3.63) is 59.4 Å². The highest BCUT2D eigenvalue weighted by Gasteiger charge is 2.45. The molecule has 2 unspecified atom stereocenters. The van der Waals surface area contributed by atoms with Crippen LogP contribution in [0.1, 0.15) is 45.1 Å². The smallest absolute Gasteiger partial charge is 0.145 e. The monoisotopic (exact) mass is 386 g/mol. The molecule has 0 spiro atoms. The first-order valence-electron chi connectivity index (χ1n) is 9.17. The van der Waals surface area contributed by atoms with Crippen molar-refractivity contribution in [1.29, 1.82) is 0 Å². The molecular formula is C22H23FO3S. The molecule has 2 atom stereocenters. The van der Waals surface area contributed by atoms with Crippen molar-refractivity contribution in [2.24, 2.45) is 5.92 Å². The van der Waals surface area contributed by atoms with Crippen LogP contribution in [0.5, 0.6) is 17.2 Å². The Hall–Kier alpha value is -2.14. The average molecular weight is 386 g/mol. The molecule has 0 amide bonds. The Morgan fingerprint density at radius 1 is 1.22 bits per heavy atom. The minimum Gasteiger partial charge on any atom is -0.507 e. The van der Waals surface area contributed by atoms with Gasteiger partial charge in [0, 0.05) is 34.4 Å². The third kappa shape index (κ3) is 3.53. The Morgan fingerprint density at radius 2 is 1.96 bits per heavy atom. The van der Waals surface area contributed by atoms with Crippen LogP contribution in [0.2, 0.25) is 0 Å². The minimum absolute atomic E-state index is 0.149. The highest BCUT2D eigenvalue weighted by molar-refractivity contribution is 7.95. The number of phenolic OH excluding ortho intramolecular Hbond substituents is 1. The molecular weight excluding hydrogens is 363 g/mol. The third-order valence-corrected chi connectivity index (χ3v) is 6.23. The summed E-state index contributed by atoms with van der Waals surface area (Å²) in [6.07, 6.45) is 4.39. The van der Waals surface area contributed by atoms with Gasteiger partial charge in [0.15, 0.2) is 0 Å². The first-order valence-corrected chi connectivity index (χ1v) is 9.91. The van der Waals surface area contributed by atoms with Gasteiger partial charge in [0.05, 0.1) is 12.0 Å². The standard InChI is InChI=1S/C22H23FO3S/c1-13-4-9-18-17(10-13)21-19(24)11-15(12-20(21)25-22(18,2)3)26-27-16-7-5-14(23)6-8-16/h5-8,10-12,17-18,24H,4,9H2,1-3H3. The summed E-state index contributed by atoms with van der Waals surface area (Å²) in [6.45, 7) is 6.37. The number of phenols is 1. The molecule has 142 valence electrons. The maximum atomic E-state index is 13.0. The van der Waals surface area contributed by atoms with Crippen molar-refractivity contribution in [2.45, 2.75) is 50.0 Å². The number of fused-ring (bicyclic) bond motifs is 3. The van der Waals surface area contributed by atoms with Crippen molar-refractivity contribution in [2.75, 3.05) is 0 Å². The van der Waals surface area contributed by atoms with Crippen LogP contribution < -0.4 is 8.92 Å². The molecule has 0 radical (unpaired) electrons. The van der Waals surface area contributed by atoms with Crippen LogP contribution in [-0.2, 0) is 0 Å². The van der Waals surface area contributed by atoms with E-state index in [1.807, 2.05) is 6.07 Å². The van der Waals surface area contributed by atoms with Crippen LogP contribution in [0, 0.1) is 11.7 Å². The predicted octanol–water partition coefficient (Wildman–Crippen LogP) is 6.23. The van der Waals surface area contributed by atoms with E-state index in [1.54, 1.807) is 18.2 Å². The lowest BCUT2D eigenvalue weighted by Gasteiger charge is -2.46. The maximum Gasteiger partial charge on any atom is 0.145 e. The van der Waals surface area contributed by atoms with Crippen molar-refractivity contribution in [1.82, 2.24) is 0 Å². The van der Waals surface area contributed by atoms with E-state index in [-0.39, 0.29) is 23.1 Å². The van der Waals surface area contributed by atoms with E-state index in [9.17, 15) is 9.50 Å². The lowest BCUT2D eigenvalue weighted by atomic mass is 9.68. The molecule has 0 bridgehead atoms. The number of hydrogen-bond acceptors (Lipinski definition) is 4. The molecule has 0 saturated heterocycles. The van der Waals surface area contributed by atoms with E-state index in [4.69, 9.17) is 8.92 Å². The van der Waals surface area contributed by atoms with Gasteiger partial charge in [-0.2, -0.15) is 0 Å². The van der Waals surface area contributed by atoms with Gasteiger partial charge in [0.25, 0.3) is 0 Å². The summed E-state index contributed by atoms with van der Waals surface area (Å²) in [5.41, 5.74) is 1.88. The number of aromatic hydroxyl groups is 1. The number of ether oxygens (including phenoxy) is 1. The second-order valence-corrected chi connectivity index (χ2v) is 8.67. The van der Waals surface area contributed by atoms with Crippen molar-refractivity contribution in [3.63, 3.8) is 0 Å². The summed E-state index contributed by atoms with van der Waals surface area (Å²) in [5, 5.41) is 10.7. The molecule has 2 aromatic carbocycles. The highest BCUT2D eigenvalue weighted by Crippen LogP contribution is 2.54. The lowest BCUT2D eigenvalue weighted by Crippen LogP contribution is -2.45. The molecule has 2 aliphatic rings. The van der Waals surface area contributed by atoms with E-state index in [0.717, 1.165) is 35.3 Å². The normalized spacial score (nSPS) is 22.9. The number of hydrogen-bond donors (Lipinski definition) is 1. The van der Waals surface area contributed by atoms with Gasteiger partial charge < -0.3 is 14.0 Å². The predicted molar refractivity (Wildman–Crippen MR) is 105 cm³/mol. The molecule has 0 saturated carbocycles. The lowest BCUT2D eigenvalue weighted by molar-refractivity contribution is 0.0107. The van der Waals surface area contributed by atoms with Crippen LogP contribution in [0.15, 0.2) is 52.9 Å². The number of allylic oxidation sites excluding steroid dienone is 2. The Balaban J connectivity index is 1.64. The van der Waals surface area contributed by atoms with Crippen LogP contribution in [0.3, 0.4) is 0 Å². The molecule has 27 heavy (non-hydrogen) atoms. The van der Waals surface area contributed by atoms with Crippen LogP contribution in [0.4, 0.5) is 4.39 Å². The maximum absolute atomic E-state index is 13.0. The first-order chi connectivity index (χ1) is 12.8. The van der Waals surface area contributed by atoms with Crippen LogP contribution >= 0.6 is 12.0 Å². The summed E-state index contributed by atoms with van der Waals surface area (Å²) in [4.78, 5) is 0.778. The van der Waals surface area contributed by atoms with Gasteiger partial charge in [-0.25, -0.2) is 4.39 Å². The third-order valence-electron chi connectivity index (χ3n) is 5.49. The van der Waals surface area contributed by atoms with Gasteiger partial charge in [-0.1, -0.05) is 11.6 Å². The zero-order chi connectivity index (χ0) is 19.2. The van der Waals surface area contributed by atoms with E-state index in [1.165, 1.54) is 17.7 Å². The molecule has 0 fully saturated rings. The second kappa shape index (κ2) is 6.79. The molecule has 1 N–H and O–H groups in total. The summed E-state index contributed by atoms with van der Waals surface area (Å²) in [7, 11) is 0. The quantitative estimate of drug-likeness (QED) is 0.501. The molecule has 1 aliphatic heterocycles. The molecule has 4 rings (SSSR count). The summed E-state index contributed by atoms with van der Waals surface area (Å²) in [6, 6.07) is 9.54. The molecule has 2 aromatic rings. The Bertz CT molecular complexity index is 889. The van der Waals surface area contributed by atoms with E-state index < -0.39 is 0 Å². The molecule has 0 aromatic heterocycles. The van der Waals surface area contributed by atoms with E-state index in [0.29, 0.717) is 17.4 Å². The van der Waals surface area contributed by atoms with E-state index >= 15 is 0 Å². The molecule has 3 nitrogen and oxygen atoms in total. The fourth-order valence-corrected chi connectivity index (χ4v) is 4.67. The van der Waals surface area contributed by atoms with Gasteiger partial charge in [-0.3, -0.25) is 0 Å². The number of benzene rings is 2. The second-order valence-electron chi connectivity index (χ2n) is 7.86. The zero-order valence-corrected chi connectivity index (χ0v) is 16.5. The minimum atomic E-state index is -0.315.